The third-order valence-corrected chi connectivity index (χ3v) is 4.60. The Morgan fingerprint density at radius 2 is 2.22 bits per heavy atom. The second kappa shape index (κ2) is 5.16. The number of rotatable bonds is 3. The van der Waals surface area contributed by atoms with E-state index in [4.69, 9.17) is 16.9 Å². The predicted molar refractivity (Wildman–Crippen MR) is 73.8 cm³/mol. The van der Waals surface area contributed by atoms with E-state index in [0.29, 0.717) is 16.0 Å². The summed E-state index contributed by atoms with van der Waals surface area (Å²) in [4.78, 5) is 6.56. The number of aromatic nitrogens is 1. The molecule has 0 N–H and O–H groups in total. The highest BCUT2D eigenvalue weighted by molar-refractivity contribution is 6.34. The zero-order valence-corrected chi connectivity index (χ0v) is 11.7. The van der Waals surface area contributed by atoms with E-state index in [-0.39, 0.29) is 0 Å². The van der Waals surface area contributed by atoms with Crippen LogP contribution in [0.2, 0.25) is 5.02 Å². The van der Waals surface area contributed by atoms with Gasteiger partial charge < -0.3 is 4.90 Å². The van der Waals surface area contributed by atoms with Gasteiger partial charge in [0, 0.05) is 19.3 Å². The molecule has 1 fully saturated rings. The van der Waals surface area contributed by atoms with Crippen LogP contribution in [-0.2, 0) is 0 Å². The monoisotopic (exact) mass is 263 g/mol. The van der Waals surface area contributed by atoms with Gasteiger partial charge in [-0.1, -0.05) is 25.4 Å². The van der Waals surface area contributed by atoms with E-state index >= 15 is 0 Å². The number of nitrogens with zero attached hydrogens (tertiary/aromatic N) is 3. The Morgan fingerprint density at radius 1 is 1.50 bits per heavy atom. The highest BCUT2D eigenvalue weighted by Gasteiger charge is 2.36. The Hall–Kier alpha value is -1.27. The Kier molecular flexibility index (Phi) is 3.77. The van der Waals surface area contributed by atoms with Crippen LogP contribution in [0.3, 0.4) is 0 Å². The second-order valence-electron chi connectivity index (χ2n) is 4.99. The fraction of sp³-hybridized carbons (Fsp3) is 0.571. The summed E-state index contributed by atoms with van der Waals surface area (Å²) in [5.74, 6) is 0.763. The van der Waals surface area contributed by atoms with Gasteiger partial charge in [-0.05, 0) is 30.7 Å². The molecule has 0 atom stereocenters. The molecule has 3 nitrogen and oxygen atoms in total. The number of pyridine rings is 1. The summed E-state index contributed by atoms with van der Waals surface area (Å²) < 4.78 is 0. The molecule has 0 radical (unpaired) electrons. The van der Waals surface area contributed by atoms with E-state index in [1.54, 1.807) is 12.3 Å². The van der Waals surface area contributed by atoms with Crippen LogP contribution in [0.25, 0.3) is 0 Å². The van der Waals surface area contributed by atoms with E-state index in [9.17, 15) is 0 Å². The maximum atomic E-state index is 9.00. The van der Waals surface area contributed by atoms with Gasteiger partial charge in [0.05, 0.1) is 5.56 Å². The first-order valence-electron chi connectivity index (χ1n) is 6.45. The fourth-order valence-electron chi connectivity index (χ4n) is 2.68. The minimum absolute atomic E-state index is 0.383. The molecule has 0 saturated carbocycles. The van der Waals surface area contributed by atoms with Crippen LogP contribution >= 0.6 is 11.6 Å². The maximum absolute atomic E-state index is 9.00. The minimum Gasteiger partial charge on any atom is -0.355 e. The largest absolute Gasteiger partial charge is 0.355 e. The van der Waals surface area contributed by atoms with Crippen molar-refractivity contribution < 1.29 is 0 Å². The van der Waals surface area contributed by atoms with Crippen LogP contribution in [-0.4, -0.2) is 18.1 Å². The first-order chi connectivity index (χ1) is 8.65. The van der Waals surface area contributed by atoms with Crippen LogP contribution in [0.15, 0.2) is 12.3 Å². The van der Waals surface area contributed by atoms with Gasteiger partial charge in [0.1, 0.15) is 16.9 Å². The van der Waals surface area contributed by atoms with Crippen molar-refractivity contribution in [1.82, 2.24) is 4.98 Å². The van der Waals surface area contributed by atoms with Crippen molar-refractivity contribution in [2.45, 2.75) is 33.1 Å². The van der Waals surface area contributed by atoms with Crippen molar-refractivity contribution in [3.05, 3.63) is 22.8 Å². The van der Waals surface area contributed by atoms with Gasteiger partial charge in [0.15, 0.2) is 0 Å². The molecule has 2 rings (SSSR count). The maximum Gasteiger partial charge on any atom is 0.148 e. The molecule has 0 bridgehead atoms. The SMILES string of the molecule is CCC1(CC)CCN(c2nccc(C#N)c2Cl)C1. The molecule has 0 aromatic carbocycles. The molecule has 2 heterocycles. The molecule has 0 aliphatic carbocycles. The lowest BCUT2D eigenvalue weighted by molar-refractivity contribution is 0.301. The smallest absolute Gasteiger partial charge is 0.148 e. The van der Waals surface area contributed by atoms with Gasteiger partial charge in [0.2, 0.25) is 0 Å². The zero-order chi connectivity index (χ0) is 13.2. The fourth-order valence-corrected chi connectivity index (χ4v) is 2.96. The Morgan fingerprint density at radius 3 is 2.78 bits per heavy atom. The highest BCUT2D eigenvalue weighted by atomic mass is 35.5. The lowest BCUT2D eigenvalue weighted by Crippen LogP contribution is -2.27. The highest BCUT2D eigenvalue weighted by Crippen LogP contribution is 2.40. The predicted octanol–water partition coefficient (Wildman–Crippen LogP) is 3.62. The van der Waals surface area contributed by atoms with Crippen LogP contribution in [0, 0.1) is 16.7 Å². The van der Waals surface area contributed by atoms with E-state index in [1.165, 1.54) is 19.3 Å². The van der Waals surface area contributed by atoms with Crippen LogP contribution in [0.5, 0.6) is 0 Å². The molecule has 0 unspecified atom stereocenters. The topological polar surface area (TPSA) is 39.9 Å². The second-order valence-corrected chi connectivity index (χ2v) is 5.36. The number of halogens is 1. The summed E-state index contributed by atoms with van der Waals surface area (Å²) in [7, 11) is 0. The molecule has 18 heavy (non-hydrogen) atoms. The molecule has 1 aliphatic heterocycles. The average Bonchev–Trinajstić information content (AvgIpc) is 2.84. The van der Waals surface area contributed by atoms with Crippen LogP contribution in [0.4, 0.5) is 5.82 Å². The molecule has 0 amide bonds. The van der Waals surface area contributed by atoms with Crippen molar-refractivity contribution in [2.75, 3.05) is 18.0 Å². The van der Waals surface area contributed by atoms with Crippen LogP contribution in [0.1, 0.15) is 38.7 Å². The number of nitriles is 1. The van der Waals surface area contributed by atoms with Crippen molar-refractivity contribution in [3.8, 4) is 6.07 Å². The third kappa shape index (κ3) is 2.18. The molecule has 4 heteroatoms. The van der Waals surface area contributed by atoms with Crippen molar-refractivity contribution in [3.63, 3.8) is 0 Å². The third-order valence-electron chi connectivity index (χ3n) is 4.23. The molecular weight excluding hydrogens is 246 g/mol. The van der Waals surface area contributed by atoms with Gasteiger partial charge in [0.25, 0.3) is 0 Å². The summed E-state index contributed by atoms with van der Waals surface area (Å²) in [5, 5.41) is 9.49. The summed E-state index contributed by atoms with van der Waals surface area (Å²) in [6.45, 7) is 6.45. The molecule has 1 aromatic heterocycles. The molecule has 0 spiro atoms. The van der Waals surface area contributed by atoms with E-state index in [2.05, 4.69) is 29.8 Å². The van der Waals surface area contributed by atoms with Crippen LogP contribution < -0.4 is 4.90 Å². The number of anilines is 1. The minimum atomic E-state index is 0.383. The van der Waals surface area contributed by atoms with Gasteiger partial charge in [-0.25, -0.2) is 4.98 Å². The molecule has 1 aliphatic rings. The number of hydrogen-bond donors (Lipinski definition) is 0. The molecular formula is C14H18ClN3. The Bertz CT molecular complexity index is 474. The first kappa shape index (κ1) is 13.2. The Labute approximate surface area is 113 Å². The normalized spacial score (nSPS) is 17.8. The van der Waals surface area contributed by atoms with Gasteiger partial charge in [-0.3, -0.25) is 0 Å². The standard InChI is InChI=1S/C14H18ClN3/c1-3-14(4-2)6-8-18(10-14)13-12(15)11(9-16)5-7-17-13/h5,7H,3-4,6,8,10H2,1-2H3. The molecule has 1 aromatic rings. The van der Waals surface area contributed by atoms with Gasteiger partial charge >= 0.3 is 0 Å². The van der Waals surface area contributed by atoms with Crippen molar-refractivity contribution in [1.29, 1.82) is 5.26 Å². The lowest BCUT2D eigenvalue weighted by atomic mass is 9.82. The summed E-state index contributed by atoms with van der Waals surface area (Å²) in [6.07, 6.45) is 5.19. The first-order valence-corrected chi connectivity index (χ1v) is 6.83. The summed E-state index contributed by atoms with van der Waals surface area (Å²) in [5.41, 5.74) is 0.889. The average molecular weight is 264 g/mol. The van der Waals surface area contributed by atoms with Gasteiger partial charge in [-0.2, -0.15) is 5.26 Å². The molecule has 1 saturated heterocycles. The van der Waals surface area contributed by atoms with Crippen molar-refractivity contribution in [2.24, 2.45) is 5.41 Å². The summed E-state index contributed by atoms with van der Waals surface area (Å²) in [6, 6.07) is 3.77. The number of hydrogen-bond acceptors (Lipinski definition) is 3. The zero-order valence-electron chi connectivity index (χ0n) is 10.9. The van der Waals surface area contributed by atoms with Gasteiger partial charge in [-0.15, -0.1) is 0 Å². The summed E-state index contributed by atoms with van der Waals surface area (Å²) >= 11 is 6.24. The van der Waals surface area contributed by atoms with Crippen molar-refractivity contribution >= 4 is 17.4 Å². The van der Waals surface area contributed by atoms with E-state index in [1.807, 2.05) is 0 Å². The lowest BCUT2D eigenvalue weighted by Gasteiger charge is -2.27. The van der Waals surface area contributed by atoms with E-state index in [0.717, 1.165) is 18.9 Å². The quantitative estimate of drug-likeness (QED) is 0.836. The Balaban J connectivity index is 2.28. The van der Waals surface area contributed by atoms with E-state index < -0.39 is 0 Å². The molecule has 96 valence electrons.